The predicted octanol–water partition coefficient (Wildman–Crippen LogP) is 3.83. The van der Waals surface area contributed by atoms with E-state index in [1.54, 1.807) is 7.11 Å². The number of halogens is 1. The molecule has 146 valence electrons. The van der Waals surface area contributed by atoms with Crippen molar-refractivity contribution in [2.45, 2.75) is 6.42 Å². The van der Waals surface area contributed by atoms with Gasteiger partial charge in [-0.15, -0.1) is 0 Å². The minimum atomic E-state index is 0.0575. The van der Waals surface area contributed by atoms with Crippen LogP contribution < -0.4 is 4.74 Å². The van der Waals surface area contributed by atoms with Crippen molar-refractivity contribution < 1.29 is 9.53 Å². The van der Waals surface area contributed by atoms with Crippen LogP contribution in [0.15, 0.2) is 48.5 Å². The number of nitrogens with one attached hydrogen (secondary N) is 1. The average Bonchev–Trinajstić information content (AvgIpc) is 3.15. The van der Waals surface area contributed by atoms with Gasteiger partial charge in [-0.05, 0) is 42.3 Å². The number of hydrogen-bond donors (Lipinski definition) is 1. The van der Waals surface area contributed by atoms with Crippen molar-refractivity contribution in [3.05, 3.63) is 64.8 Å². The summed E-state index contributed by atoms with van der Waals surface area (Å²) in [5, 5.41) is 1.67. The van der Waals surface area contributed by atoms with E-state index in [1.165, 1.54) is 5.56 Å². The first-order valence-electron chi connectivity index (χ1n) is 9.55. The number of ether oxygens (including phenoxy) is 1. The second-order valence-electron chi connectivity index (χ2n) is 7.15. The Hall–Kier alpha value is -2.50. The standard InChI is InChI=1S/C22H24ClN3O2/c1-28-19-6-2-16(3-7-19)8-9-25-10-12-26(13-11-25)22(27)21-14-17-4-5-18(23)15-20(17)24-21/h2-7,14-15,24H,8-13H2,1H3. The average molecular weight is 398 g/mol. The number of aromatic nitrogens is 1. The molecule has 1 aliphatic rings. The molecule has 0 radical (unpaired) electrons. The van der Waals surface area contributed by atoms with Gasteiger partial charge in [0.1, 0.15) is 11.4 Å². The van der Waals surface area contributed by atoms with Gasteiger partial charge in [0, 0.05) is 48.6 Å². The van der Waals surface area contributed by atoms with Gasteiger partial charge in [0.2, 0.25) is 0 Å². The Morgan fingerprint density at radius 3 is 2.54 bits per heavy atom. The summed E-state index contributed by atoms with van der Waals surface area (Å²) in [5.41, 5.74) is 2.83. The Morgan fingerprint density at radius 1 is 1.07 bits per heavy atom. The molecular formula is C22H24ClN3O2. The molecule has 0 bridgehead atoms. The second-order valence-corrected chi connectivity index (χ2v) is 7.58. The van der Waals surface area contributed by atoms with Gasteiger partial charge < -0.3 is 14.6 Å². The number of rotatable bonds is 5. The molecule has 2 heterocycles. The van der Waals surface area contributed by atoms with Crippen molar-refractivity contribution in [3.63, 3.8) is 0 Å². The summed E-state index contributed by atoms with van der Waals surface area (Å²) in [5.74, 6) is 0.942. The maximum Gasteiger partial charge on any atom is 0.270 e. The molecule has 1 fully saturated rings. The van der Waals surface area contributed by atoms with E-state index in [2.05, 4.69) is 22.0 Å². The molecule has 0 spiro atoms. The zero-order valence-electron chi connectivity index (χ0n) is 16.0. The fourth-order valence-corrected chi connectivity index (χ4v) is 3.81. The molecular weight excluding hydrogens is 374 g/mol. The first-order chi connectivity index (χ1) is 13.6. The molecule has 0 atom stereocenters. The van der Waals surface area contributed by atoms with E-state index in [9.17, 15) is 4.79 Å². The topological polar surface area (TPSA) is 48.6 Å². The Morgan fingerprint density at radius 2 is 1.82 bits per heavy atom. The molecule has 0 saturated carbocycles. The highest BCUT2D eigenvalue weighted by Gasteiger charge is 2.23. The number of nitrogens with zero attached hydrogens (tertiary/aromatic N) is 2. The van der Waals surface area contributed by atoms with E-state index < -0.39 is 0 Å². The normalized spacial score (nSPS) is 15.1. The van der Waals surface area contributed by atoms with Gasteiger partial charge in [0.05, 0.1) is 7.11 Å². The van der Waals surface area contributed by atoms with E-state index in [0.717, 1.165) is 55.8 Å². The van der Waals surface area contributed by atoms with Crippen LogP contribution in [0.1, 0.15) is 16.1 Å². The Bertz CT molecular complexity index is 960. The lowest BCUT2D eigenvalue weighted by Gasteiger charge is -2.34. The fourth-order valence-electron chi connectivity index (χ4n) is 3.64. The molecule has 0 aliphatic carbocycles. The highest BCUT2D eigenvalue weighted by atomic mass is 35.5. The van der Waals surface area contributed by atoms with Crippen molar-refractivity contribution in [1.29, 1.82) is 0 Å². The third-order valence-corrected chi connectivity index (χ3v) is 5.59. The van der Waals surface area contributed by atoms with Crippen LogP contribution in [0.5, 0.6) is 5.75 Å². The molecule has 1 amide bonds. The molecule has 28 heavy (non-hydrogen) atoms. The summed E-state index contributed by atoms with van der Waals surface area (Å²) in [6, 6.07) is 15.8. The summed E-state index contributed by atoms with van der Waals surface area (Å²) < 4.78 is 5.20. The zero-order chi connectivity index (χ0) is 19.5. The largest absolute Gasteiger partial charge is 0.497 e. The van der Waals surface area contributed by atoms with Crippen molar-refractivity contribution in [3.8, 4) is 5.75 Å². The number of fused-ring (bicyclic) bond motifs is 1. The summed E-state index contributed by atoms with van der Waals surface area (Å²) in [6.07, 6.45) is 1.00. The maximum atomic E-state index is 12.8. The van der Waals surface area contributed by atoms with Crippen molar-refractivity contribution in [2.24, 2.45) is 0 Å². The summed E-state index contributed by atoms with van der Waals surface area (Å²) in [4.78, 5) is 20.4. The van der Waals surface area contributed by atoms with E-state index >= 15 is 0 Å². The number of hydrogen-bond acceptors (Lipinski definition) is 3. The Labute approximate surface area is 169 Å². The van der Waals surface area contributed by atoms with Crippen molar-refractivity contribution in [1.82, 2.24) is 14.8 Å². The minimum absolute atomic E-state index is 0.0575. The third-order valence-electron chi connectivity index (χ3n) is 5.35. The number of benzene rings is 2. The summed E-state index contributed by atoms with van der Waals surface area (Å²) in [7, 11) is 1.68. The van der Waals surface area contributed by atoms with Crippen LogP contribution in [-0.4, -0.2) is 60.5 Å². The first kappa shape index (κ1) is 18.8. The van der Waals surface area contributed by atoms with Crippen LogP contribution in [0.4, 0.5) is 0 Å². The molecule has 5 nitrogen and oxygen atoms in total. The highest BCUT2D eigenvalue weighted by Crippen LogP contribution is 2.21. The monoisotopic (exact) mass is 397 g/mol. The number of aromatic amines is 1. The van der Waals surface area contributed by atoms with E-state index in [1.807, 2.05) is 41.3 Å². The van der Waals surface area contributed by atoms with Crippen molar-refractivity contribution in [2.75, 3.05) is 39.8 Å². The van der Waals surface area contributed by atoms with Gasteiger partial charge in [0.15, 0.2) is 0 Å². The number of carbonyl (C=O) groups excluding carboxylic acids is 1. The van der Waals surface area contributed by atoms with Gasteiger partial charge in [-0.3, -0.25) is 9.69 Å². The van der Waals surface area contributed by atoms with Gasteiger partial charge >= 0.3 is 0 Å². The third kappa shape index (κ3) is 4.16. The maximum absolute atomic E-state index is 12.8. The SMILES string of the molecule is COc1ccc(CCN2CCN(C(=O)c3cc4ccc(Cl)cc4[nH]3)CC2)cc1. The van der Waals surface area contributed by atoms with Crippen LogP contribution >= 0.6 is 11.6 Å². The smallest absolute Gasteiger partial charge is 0.270 e. The van der Waals surface area contributed by atoms with Crippen LogP contribution in [0.2, 0.25) is 5.02 Å². The lowest BCUT2D eigenvalue weighted by atomic mass is 10.1. The molecule has 1 aliphatic heterocycles. The summed E-state index contributed by atoms with van der Waals surface area (Å²) in [6.45, 7) is 4.29. The lowest BCUT2D eigenvalue weighted by molar-refractivity contribution is 0.0633. The van der Waals surface area contributed by atoms with Gasteiger partial charge in [-0.1, -0.05) is 29.8 Å². The number of piperazine rings is 1. The van der Waals surface area contributed by atoms with Gasteiger partial charge in [-0.2, -0.15) is 0 Å². The van der Waals surface area contributed by atoms with Crippen molar-refractivity contribution >= 4 is 28.4 Å². The van der Waals surface area contributed by atoms with E-state index in [4.69, 9.17) is 16.3 Å². The Kier molecular flexibility index (Phi) is 5.55. The van der Waals surface area contributed by atoms with Crippen LogP contribution in [0.3, 0.4) is 0 Å². The number of methoxy groups -OCH3 is 1. The predicted molar refractivity (Wildman–Crippen MR) is 112 cm³/mol. The molecule has 0 unspecified atom stereocenters. The van der Waals surface area contributed by atoms with E-state index in [-0.39, 0.29) is 5.91 Å². The molecule has 1 saturated heterocycles. The molecule has 1 N–H and O–H groups in total. The van der Waals surface area contributed by atoms with Gasteiger partial charge in [0.25, 0.3) is 5.91 Å². The number of H-pyrrole nitrogens is 1. The molecule has 6 heteroatoms. The summed E-state index contributed by atoms with van der Waals surface area (Å²) >= 11 is 6.03. The zero-order valence-corrected chi connectivity index (χ0v) is 16.7. The lowest BCUT2D eigenvalue weighted by Crippen LogP contribution is -2.49. The number of amides is 1. The Balaban J connectivity index is 1.30. The molecule has 4 rings (SSSR count). The quantitative estimate of drug-likeness (QED) is 0.711. The second kappa shape index (κ2) is 8.25. The highest BCUT2D eigenvalue weighted by molar-refractivity contribution is 6.31. The van der Waals surface area contributed by atoms with Crippen LogP contribution in [0, 0.1) is 0 Å². The molecule has 2 aromatic carbocycles. The first-order valence-corrected chi connectivity index (χ1v) is 9.93. The van der Waals surface area contributed by atoms with Gasteiger partial charge in [-0.25, -0.2) is 0 Å². The molecule has 3 aromatic rings. The van der Waals surface area contributed by atoms with E-state index in [0.29, 0.717) is 10.7 Å². The van der Waals surface area contributed by atoms with Crippen LogP contribution in [0.25, 0.3) is 10.9 Å². The molecule has 1 aromatic heterocycles. The fraction of sp³-hybridized carbons (Fsp3) is 0.318. The van der Waals surface area contributed by atoms with Crippen LogP contribution in [-0.2, 0) is 6.42 Å². The number of carbonyl (C=O) groups is 1. The minimum Gasteiger partial charge on any atom is -0.497 e.